The lowest BCUT2D eigenvalue weighted by Gasteiger charge is -2.12. The molecule has 0 bridgehead atoms. The molecular formula is C19H14ClF4N3. The monoisotopic (exact) mass is 395 g/mol. The maximum atomic E-state index is 13.1. The average Bonchev–Trinajstić information content (AvgIpc) is 3.20. The van der Waals surface area contributed by atoms with E-state index in [1.165, 1.54) is 22.9 Å². The van der Waals surface area contributed by atoms with Crippen LogP contribution in [0.15, 0.2) is 42.5 Å². The Hall–Kier alpha value is -2.54. The van der Waals surface area contributed by atoms with Gasteiger partial charge in [-0.1, -0.05) is 23.7 Å². The normalized spacial score (nSPS) is 13.5. The number of fused-ring (bicyclic) bond motifs is 1. The summed E-state index contributed by atoms with van der Waals surface area (Å²) < 4.78 is 53.8. The number of alkyl halides is 3. The highest BCUT2D eigenvalue weighted by Crippen LogP contribution is 2.36. The Morgan fingerprint density at radius 3 is 2.56 bits per heavy atom. The van der Waals surface area contributed by atoms with Gasteiger partial charge in [0, 0.05) is 18.5 Å². The van der Waals surface area contributed by atoms with Crippen LogP contribution in [0.2, 0.25) is 5.02 Å². The lowest BCUT2D eigenvalue weighted by atomic mass is 10.1. The van der Waals surface area contributed by atoms with Gasteiger partial charge in [0.15, 0.2) is 0 Å². The van der Waals surface area contributed by atoms with Gasteiger partial charge >= 0.3 is 6.18 Å². The molecule has 0 spiro atoms. The third-order valence-electron chi connectivity index (χ3n) is 4.52. The van der Waals surface area contributed by atoms with E-state index in [1.807, 2.05) is 0 Å². The number of rotatable bonds is 3. The second kappa shape index (κ2) is 6.56. The molecule has 1 aliphatic heterocycles. The molecule has 0 fully saturated rings. The maximum absolute atomic E-state index is 13.1. The molecule has 3 nitrogen and oxygen atoms in total. The fourth-order valence-corrected chi connectivity index (χ4v) is 3.41. The van der Waals surface area contributed by atoms with Crippen molar-refractivity contribution in [3.63, 3.8) is 0 Å². The van der Waals surface area contributed by atoms with Crippen molar-refractivity contribution in [3.8, 4) is 5.69 Å². The summed E-state index contributed by atoms with van der Waals surface area (Å²) in [4.78, 5) is 0. The molecular weight excluding hydrogens is 382 g/mol. The molecule has 1 aliphatic rings. The lowest BCUT2D eigenvalue weighted by Crippen LogP contribution is -2.09. The molecule has 140 valence electrons. The predicted octanol–water partition coefficient (Wildman–Crippen LogP) is 5.24. The Bertz CT molecular complexity index is 993. The van der Waals surface area contributed by atoms with Crippen molar-refractivity contribution in [3.05, 3.63) is 75.7 Å². The van der Waals surface area contributed by atoms with Crippen LogP contribution in [0.4, 0.5) is 23.4 Å². The number of hydrogen-bond donors (Lipinski definition) is 1. The van der Waals surface area contributed by atoms with Crippen LogP contribution in [0.3, 0.4) is 0 Å². The van der Waals surface area contributed by atoms with E-state index in [1.54, 1.807) is 12.1 Å². The minimum atomic E-state index is -4.47. The Morgan fingerprint density at radius 1 is 1.11 bits per heavy atom. The van der Waals surface area contributed by atoms with Crippen molar-refractivity contribution < 1.29 is 17.6 Å². The largest absolute Gasteiger partial charge is 0.416 e. The molecule has 2 heterocycles. The van der Waals surface area contributed by atoms with Gasteiger partial charge in [0.05, 0.1) is 22.0 Å². The number of benzene rings is 2. The number of nitrogens with zero attached hydrogens (tertiary/aromatic N) is 2. The van der Waals surface area contributed by atoms with Gasteiger partial charge in [0.25, 0.3) is 0 Å². The first-order valence-electron chi connectivity index (χ1n) is 8.29. The fourth-order valence-electron chi connectivity index (χ4n) is 3.21. The zero-order valence-corrected chi connectivity index (χ0v) is 14.7. The second-order valence-corrected chi connectivity index (χ2v) is 6.74. The van der Waals surface area contributed by atoms with Crippen molar-refractivity contribution in [2.24, 2.45) is 0 Å². The molecule has 0 unspecified atom stereocenters. The van der Waals surface area contributed by atoms with Crippen molar-refractivity contribution in [1.29, 1.82) is 0 Å². The molecule has 0 atom stereocenters. The van der Waals surface area contributed by atoms with Crippen molar-refractivity contribution in [2.45, 2.75) is 19.0 Å². The third kappa shape index (κ3) is 3.39. The topological polar surface area (TPSA) is 29.9 Å². The van der Waals surface area contributed by atoms with Gasteiger partial charge in [-0.05, 0) is 42.3 Å². The van der Waals surface area contributed by atoms with E-state index >= 15 is 0 Å². The van der Waals surface area contributed by atoms with Crippen LogP contribution < -0.4 is 5.32 Å². The van der Waals surface area contributed by atoms with Crippen molar-refractivity contribution >= 4 is 17.4 Å². The number of anilines is 1. The molecule has 0 amide bonds. The highest BCUT2D eigenvalue weighted by Gasteiger charge is 2.32. The van der Waals surface area contributed by atoms with Crippen LogP contribution in [0.25, 0.3) is 5.69 Å². The SMILES string of the molecule is Fc1ccc(Cc2nn(-c3cc(C(F)(F)F)ccc3Cl)c3c2CCN3)cc1. The van der Waals surface area contributed by atoms with Gasteiger partial charge in [-0.2, -0.15) is 18.3 Å². The van der Waals surface area contributed by atoms with Crippen LogP contribution in [-0.2, 0) is 19.0 Å². The highest BCUT2D eigenvalue weighted by atomic mass is 35.5. The van der Waals surface area contributed by atoms with Gasteiger partial charge in [0.2, 0.25) is 0 Å². The van der Waals surface area contributed by atoms with E-state index in [-0.39, 0.29) is 16.5 Å². The fraction of sp³-hybridized carbons (Fsp3) is 0.211. The van der Waals surface area contributed by atoms with Gasteiger partial charge < -0.3 is 5.32 Å². The zero-order chi connectivity index (χ0) is 19.2. The van der Waals surface area contributed by atoms with Crippen molar-refractivity contribution in [1.82, 2.24) is 9.78 Å². The molecule has 1 aromatic heterocycles. The minimum Gasteiger partial charge on any atom is -0.369 e. The Morgan fingerprint density at radius 2 is 1.85 bits per heavy atom. The quantitative estimate of drug-likeness (QED) is 0.614. The Labute approximate surface area is 157 Å². The zero-order valence-electron chi connectivity index (χ0n) is 13.9. The van der Waals surface area contributed by atoms with Gasteiger partial charge in [-0.25, -0.2) is 9.07 Å². The smallest absolute Gasteiger partial charge is 0.369 e. The summed E-state index contributed by atoms with van der Waals surface area (Å²) in [6.07, 6.45) is -3.31. The van der Waals surface area contributed by atoms with Gasteiger partial charge in [0.1, 0.15) is 11.6 Å². The van der Waals surface area contributed by atoms with E-state index < -0.39 is 11.7 Å². The van der Waals surface area contributed by atoms with Crippen LogP contribution in [-0.4, -0.2) is 16.3 Å². The first-order chi connectivity index (χ1) is 12.8. The molecule has 4 rings (SSSR count). The summed E-state index contributed by atoms with van der Waals surface area (Å²) in [5.41, 5.74) is 1.92. The number of aromatic nitrogens is 2. The van der Waals surface area contributed by atoms with E-state index in [9.17, 15) is 17.6 Å². The average molecular weight is 396 g/mol. The van der Waals surface area contributed by atoms with Crippen LogP contribution >= 0.6 is 11.6 Å². The summed E-state index contributed by atoms with van der Waals surface area (Å²) in [6.45, 7) is 0.667. The van der Waals surface area contributed by atoms with Crippen LogP contribution in [0.1, 0.15) is 22.4 Å². The molecule has 2 aromatic carbocycles. The summed E-state index contributed by atoms with van der Waals surface area (Å²) in [5.74, 6) is 0.320. The summed E-state index contributed by atoms with van der Waals surface area (Å²) in [7, 11) is 0. The van der Waals surface area contributed by atoms with Crippen LogP contribution in [0.5, 0.6) is 0 Å². The molecule has 8 heteroatoms. The molecule has 0 saturated heterocycles. The molecule has 27 heavy (non-hydrogen) atoms. The standard InChI is InChI=1S/C19H14ClF4N3/c20-15-6-3-12(19(22,23)24)10-17(15)27-18-14(7-8-25-18)16(26-27)9-11-1-4-13(21)5-2-11/h1-6,10,25H,7-9H2. The van der Waals surface area contributed by atoms with E-state index in [0.717, 1.165) is 29.0 Å². The summed E-state index contributed by atoms with van der Waals surface area (Å²) >= 11 is 6.17. The third-order valence-corrected chi connectivity index (χ3v) is 4.84. The lowest BCUT2D eigenvalue weighted by molar-refractivity contribution is -0.137. The molecule has 1 N–H and O–H groups in total. The summed E-state index contributed by atoms with van der Waals surface area (Å²) in [5, 5.41) is 7.86. The summed E-state index contributed by atoms with van der Waals surface area (Å²) in [6, 6.07) is 9.24. The van der Waals surface area contributed by atoms with Crippen molar-refractivity contribution in [2.75, 3.05) is 11.9 Å². The van der Waals surface area contributed by atoms with E-state index in [2.05, 4.69) is 10.4 Å². The molecule has 0 saturated carbocycles. The second-order valence-electron chi connectivity index (χ2n) is 6.33. The highest BCUT2D eigenvalue weighted by molar-refractivity contribution is 6.32. The number of halogens is 5. The number of nitrogens with one attached hydrogen (secondary N) is 1. The number of hydrogen-bond acceptors (Lipinski definition) is 2. The van der Waals surface area contributed by atoms with Crippen LogP contribution in [0, 0.1) is 5.82 Å². The van der Waals surface area contributed by atoms with E-state index in [4.69, 9.17) is 11.6 Å². The van der Waals surface area contributed by atoms with Gasteiger partial charge in [-0.15, -0.1) is 0 Å². The minimum absolute atomic E-state index is 0.169. The van der Waals surface area contributed by atoms with Gasteiger partial charge in [-0.3, -0.25) is 0 Å². The Kier molecular flexibility index (Phi) is 4.34. The Balaban J connectivity index is 1.78. The predicted molar refractivity (Wildman–Crippen MR) is 95.0 cm³/mol. The maximum Gasteiger partial charge on any atom is 0.416 e. The van der Waals surface area contributed by atoms with E-state index in [0.29, 0.717) is 25.2 Å². The first-order valence-corrected chi connectivity index (χ1v) is 8.67. The molecule has 0 radical (unpaired) electrons. The molecule has 0 aliphatic carbocycles. The molecule has 3 aromatic rings. The first kappa shape index (κ1) is 17.9.